The first-order valence-electron chi connectivity index (χ1n) is 4.76. The summed E-state index contributed by atoms with van der Waals surface area (Å²) in [6.45, 7) is 5.63. The van der Waals surface area contributed by atoms with Crippen LogP contribution in [0.5, 0.6) is 0 Å². The van der Waals surface area contributed by atoms with Crippen molar-refractivity contribution in [1.29, 1.82) is 0 Å². The molecule has 0 saturated heterocycles. The van der Waals surface area contributed by atoms with E-state index in [4.69, 9.17) is 0 Å². The summed E-state index contributed by atoms with van der Waals surface area (Å²) >= 11 is 0. The average Bonchev–Trinajstić information content (AvgIpc) is 2.16. The normalized spacial score (nSPS) is 12.0. The van der Waals surface area contributed by atoms with Gasteiger partial charge in [-0.3, -0.25) is 0 Å². The van der Waals surface area contributed by atoms with Crippen molar-refractivity contribution in [2.45, 2.75) is 31.7 Å². The van der Waals surface area contributed by atoms with Gasteiger partial charge >= 0.3 is 0 Å². The van der Waals surface area contributed by atoms with Gasteiger partial charge in [-0.25, -0.2) is 13.8 Å². The Morgan fingerprint density at radius 1 is 1.13 bits per heavy atom. The Balaban J connectivity index is 2.82. The first kappa shape index (κ1) is 12.2. The minimum Gasteiger partial charge on any atom is -0.241 e. The van der Waals surface area contributed by atoms with E-state index in [-0.39, 0.29) is 10.9 Å². The van der Waals surface area contributed by atoms with E-state index in [1.54, 1.807) is 24.3 Å². The highest BCUT2D eigenvalue weighted by atomic mass is 32.2. The molecule has 0 unspecified atom stereocenters. The molecule has 1 rings (SSSR count). The van der Waals surface area contributed by atoms with Crippen LogP contribution in [0.25, 0.3) is 0 Å². The largest absolute Gasteiger partial charge is 0.253 e. The molecule has 0 aliphatic heterocycles. The molecular weight excluding hydrogens is 212 g/mol. The second-order valence-corrected chi connectivity index (χ2v) is 5.40. The van der Waals surface area contributed by atoms with Crippen LogP contribution >= 0.6 is 0 Å². The van der Waals surface area contributed by atoms with Gasteiger partial charge in [0.15, 0.2) is 0 Å². The van der Waals surface area contributed by atoms with Crippen LogP contribution in [-0.2, 0) is 10.0 Å². The molecule has 15 heavy (non-hydrogen) atoms. The molecule has 4 nitrogen and oxygen atoms in total. The summed E-state index contributed by atoms with van der Waals surface area (Å²) < 4.78 is 23.3. The van der Waals surface area contributed by atoms with E-state index in [0.29, 0.717) is 0 Å². The lowest BCUT2D eigenvalue weighted by Crippen LogP contribution is -2.41. The number of hydrogen-bond acceptors (Lipinski definition) is 3. The fourth-order valence-corrected chi connectivity index (χ4v) is 1.97. The van der Waals surface area contributed by atoms with Crippen molar-refractivity contribution in [3.8, 4) is 0 Å². The fourth-order valence-electron chi connectivity index (χ4n) is 0.972. The monoisotopic (exact) mass is 228 g/mol. The molecule has 0 spiro atoms. The van der Waals surface area contributed by atoms with E-state index in [2.05, 4.69) is 10.3 Å². The average molecular weight is 228 g/mol. The number of rotatable bonds is 4. The van der Waals surface area contributed by atoms with Crippen LogP contribution in [0.2, 0.25) is 0 Å². The summed E-state index contributed by atoms with van der Waals surface area (Å²) in [5.74, 6) is 0. The Kier molecular flexibility index (Phi) is 3.84. The van der Waals surface area contributed by atoms with E-state index >= 15 is 0 Å². The van der Waals surface area contributed by atoms with Gasteiger partial charge < -0.3 is 0 Å². The molecule has 0 fully saturated rings. The first-order valence-corrected chi connectivity index (χ1v) is 6.24. The quantitative estimate of drug-likeness (QED) is 0.761. The Morgan fingerprint density at radius 2 is 1.67 bits per heavy atom. The highest BCUT2D eigenvalue weighted by molar-refractivity contribution is 7.89. The fraction of sp³-hybridized carbons (Fsp3) is 0.400. The second-order valence-electron chi connectivity index (χ2n) is 3.72. The van der Waals surface area contributed by atoms with Crippen LogP contribution < -0.4 is 10.3 Å². The molecule has 0 saturated carbocycles. The van der Waals surface area contributed by atoms with Gasteiger partial charge in [0.1, 0.15) is 0 Å². The molecule has 0 bridgehead atoms. The Morgan fingerprint density at radius 3 is 2.13 bits per heavy atom. The summed E-state index contributed by atoms with van der Waals surface area (Å²) in [6, 6.07) is 6.76. The van der Waals surface area contributed by atoms with Crippen molar-refractivity contribution in [2.75, 3.05) is 0 Å². The van der Waals surface area contributed by atoms with Crippen LogP contribution in [-0.4, -0.2) is 14.5 Å². The van der Waals surface area contributed by atoms with Crippen molar-refractivity contribution in [2.24, 2.45) is 0 Å². The number of benzene rings is 1. The lowest BCUT2D eigenvalue weighted by molar-refractivity contribution is 0.522. The SMILES string of the molecule is Cc1ccc(S(=O)(=O)NNC(C)C)cc1. The smallest absolute Gasteiger partial charge is 0.241 e. The number of hydrazine groups is 1. The third kappa shape index (κ3) is 3.62. The minimum absolute atomic E-state index is 0.0604. The lowest BCUT2D eigenvalue weighted by atomic mass is 10.2. The van der Waals surface area contributed by atoms with Gasteiger partial charge in [0, 0.05) is 6.04 Å². The zero-order chi connectivity index (χ0) is 11.5. The molecule has 0 atom stereocenters. The van der Waals surface area contributed by atoms with Crippen LogP contribution in [0.3, 0.4) is 0 Å². The van der Waals surface area contributed by atoms with E-state index in [0.717, 1.165) is 5.56 Å². The first-order chi connectivity index (χ1) is 6.92. The van der Waals surface area contributed by atoms with Crippen LogP contribution in [0.15, 0.2) is 29.2 Å². The predicted molar refractivity (Wildman–Crippen MR) is 59.8 cm³/mol. The third-order valence-electron chi connectivity index (χ3n) is 1.81. The summed E-state index contributed by atoms with van der Waals surface area (Å²) in [5.41, 5.74) is 3.69. The van der Waals surface area contributed by atoms with Crippen LogP contribution in [0, 0.1) is 6.92 Å². The maximum absolute atomic E-state index is 11.7. The van der Waals surface area contributed by atoms with Crippen molar-refractivity contribution in [1.82, 2.24) is 10.3 Å². The van der Waals surface area contributed by atoms with Crippen molar-refractivity contribution >= 4 is 10.0 Å². The molecule has 84 valence electrons. The van der Waals surface area contributed by atoms with Crippen molar-refractivity contribution < 1.29 is 8.42 Å². The summed E-state index contributed by atoms with van der Waals surface area (Å²) in [6.07, 6.45) is 0. The van der Waals surface area contributed by atoms with Crippen LogP contribution in [0.1, 0.15) is 19.4 Å². The topological polar surface area (TPSA) is 58.2 Å². The number of sulfonamides is 1. The van der Waals surface area contributed by atoms with Gasteiger partial charge in [0.2, 0.25) is 0 Å². The molecule has 2 N–H and O–H groups in total. The predicted octanol–water partition coefficient (Wildman–Crippen LogP) is 1.19. The third-order valence-corrected chi connectivity index (χ3v) is 3.09. The molecule has 0 aliphatic carbocycles. The van der Waals surface area contributed by atoms with E-state index in [1.165, 1.54) is 0 Å². The maximum Gasteiger partial charge on any atom is 0.253 e. The highest BCUT2D eigenvalue weighted by Crippen LogP contribution is 2.08. The van der Waals surface area contributed by atoms with Gasteiger partial charge in [-0.1, -0.05) is 17.7 Å². The molecule has 5 heteroatoms. The van der Waals surface area contributed by atoms with E-state index in [9.17, 15) is 8.42 Å². The maximum atomic E-state index is 11.7. The number of aryl methyl sites for hydroxylation is 1. The van der Waals surface area contributed by atoms with Crippen LogP contribution in [0.4, 0.5) is 0 Å². The zero-order valence-corrected chi connectivity index (χ0v) is 9.93. The molecule has 0 heterocycles. The standard InChI is InChI=1S/C10H16N2O2S/c1-8(2)11-12-15(13,14)10-6-4-9(3)5-7-10/h4-8,11-12H,1-3H3. The van der Waals surface area contributed by atoms with Gasteiger partial charge in [-0.2, -0.15) is 0 Å². The molecule has 0 aromatic heterocycles. The minimum atomic E-state index is -3.43. The highest BCUT2D eigenvalue weighted by Gasteiger charge is 2.12. The second kappa shape index (κ2) is 4.74. The summed E-state index contributed by atoms with van der Waals surface area (Å²) in [4.78, 5) is 2.58. The number of nitrogens with one attached hydrogen (secondary N) is 2. The van der Waals surface area contributed by atoms with Crippen molar-refractivity contribution in [3.63, 3.8) is 0 Å². The lowest BCUT2D eigenvalue weighted by Gasteiger charge is -2.10. The molecule has 1 aromatic carbocycles. The molecule has 0 radical (unpaired) electrons. The molecule has 0 amide bonds. The zero-order valence-electron chi connectivity index (χ0n) is 9.11. The Labute approximate surface area is 90.7 Å². The summed E-state index contributed by atoms with van der Waals surface area (Å²) in [7, 11) is -3.43. The summed E-state index contributed by atoms with van der Waals surface area (Å²) in [5, 5.41) is 0. The Hall–Kier alpha value is -0.910. The Bertz CT molecular complexity index is 410. The van der Waals surface area contributed by atoms with E-state index < -0.39 is 10.0 Å². The van der Waals surface area contributed by atoms with Gasteiger partial charge in [0.25, 0.3) is 10.0 Å². The van der Waals surface area contributed by atoms with E-state index in [1.807, 2.05) is 20.8 Å². The van der Waals surface area contributed by atoms with Crippen molar-refractivity contribution in [3.05, 3.63) is 29.8 Å². The molecule has 0 aliphatic rings. The van der Waals surface area contributed by atoms with Gasteiger partial charge in [-0.15, -0.1) is 4.83 Å². The molecule has 1 aromatic rings. The van der Waals surface area contributed by atoms with Gasteiger partial charge in [0.05, 0.1) is 4.90 Å². The number of hydrogen-bond donors (Lipinski definition) is 2. The van der Waals surface area contributed by atoms with Gasteiger partial charge in [-0.05, 0) is 32.9 Å². The molecular formula is C10H16N2O2S.